The van der Waals surface area contributed by atoms with Gasteiger partial charge in [-0.25, -0.2) is 4.68 Å². The van der Waals surface area contributed by atoms with Gasteiger partial charge in [0, 0.05) is 17.0 Å². The van der Waals surface area contributed by atoms with Gasteiger partial charge in [0.15, 0.2) is 5.76 Å². The van der Waals surface area contributed by atoms with Crippen molar-refractivity contribution in [3.63, 3.8) is 0 Å². The van der Waals surface area contributed by atoms with Gasteiger partial charge in [0.1, 0.15) is 23.8 Å². The molecule has 2 aromatic carbocycles. The predicted octanol–water partition coefficient (Wildman–Crippen LogP) is 5.58. The number of nitrogens with zero attached hydrogens (tertiary/aromatic N) is 2. The Kier molecular flexibility index (Phi) is 4.97. The van der Waals surface area contributed by atoms with Crippen LogP contribution in [0.4, 0.5) is 5.82 Å². The number of hydrogen-bond acceptors (Lipinski definition) is 4. The average Bonchev–Trinajstić information content (AvgIpc) is 3.52. The molecule has 1 N–H and O–H groups in total. The first-order valence-corrected chi connectivity index (χ1v) is 10.3. The number of carbonyl (C=O) groups excluding carboxylic acids is 1. The summed E-state index contributed by atoms with van der Waals surface area (Å²) < 4.78 is 13.8. The average molecular weight is 401 g/mol. The summed E-state index contributed by atoms with van der Waals surface area (Å²) in [5.41, 5.74) is 1.40. The molecular weight excluding hydrogens is 378 g/mol. The minimum atomic E-state index is -0.294. The van der Waals surface area contributed by atoms with E-state index >= 15 is 0 Å². The maximum absolute atomic E-state index is 13.2. The summed E-state index contributed by atoms with van der Waals surface area (Å²) in [5, 5.41) is 8.31. The van der Waals surface area contributed by atoms with Crippen LogP contribution in [0.25, 0.3) is 11.0 Å². The molecule has 152 valence electrons. The molecule has 2 heterocycles. The van der Waals surface area contributed by atoms with Gasteiger partial charge < -0.3 is 14.5 Å². The Morgan fingerprint density at radius 1 is 1.07 bits per heavy atom. The summed E-state index contributed by atoms with van der Waals surface area (Å²) in [7, 11) is 0. The van der Waals surface area contributed by atoms with Crippen LogP contribution in [0, 0.1) is 0 Å². The molecule has 1 aliphatic rings. The van der Waals surface area contributed by atoms with Gasteiger partial charge in [0.2, 0.25) is 0 Å². The number of hydrogen-bond donors (Lipinski definition) is 1. The number of furan rings is 1. The topological polar surface area (TPSA) is 69.3 Å². The smallest absolute Gasteiger partial charge is 0.292 e. The summed E-state index contributed by atoms with van der Waals surface area (Å²) in [6.07, 6.45) is 6.30. The van der Waals surface area contributed by atoms with Crippen molar-refractivity contribution in [2.24, 2.45) is 0 Å². The SMILES string of the molecule is O=C(Nc1ccnn1C1CCCC1)c1oc2ccccc2c1COc1ccccc1. The third-order valence-electron chi connectivity index (χ3n) is 5.61. The van der Waals surface area contributed by atoms with Crippen molar-refractivity contribution >= 4 is 22.7 Å². The summed E-state index contributed by atoms with van der Waals surface area (Å²) in [6, 6.07) is 19.4. The minimum Gasteiger partial charge on any atom is -0.489 e. The van der Waals surface area contributed by atoms with Gasteiger partial charge in [0.05, 0.1) is 12.2 Å². The summed E-state index contributed by atoms with van der Waals surface area (Å²) in [4.78, 5) is 13.2. The molecule has 1 aliphatic carbocycles. The number of aromatic nitrogens is 2. The third-order valence-corrected chi connectivity index (χ3v) is 5.61. The fourth-order valence-corrected chi connectivity index (χ4v) is 4.12. The van der Waals surface area contributed by atoms with Crippen molar-refractivity contribution < 1.29 is 13.9 Å². The number of para-hydroxylation sites is 2. The second-order valence-electron chi connectivity index (χ2n) is 7.56. The van der Waals surface area contributed by atoms with Gasteiger partial charge in [-0.1, -0.05) is 49.2 Å². The second kappa shape index (κ2) is 8.06. The monoisotopic (exact) mass is 401 g/mol. The van der Waals surface area contributed by atoms with Crippen LogP contribution in [0.2, 0.25) is 0 Å². The van der Waals surface area contributed by atoms with E-state index in [2.05, 4.69) is 10.4 Å². The first kappa shape index (κ1) is 18.5. The van der Waals surface area contributed by atoms with E-state index in [0.29, 0.717) is 17.4 Å². The maximum atomic E-state index is 13.2. The summed E-state index contributed by atoms with van der Waals surface area (Å²) in [5.74, 6) is 1.42. The molecule has 0 saturated heterocycles. The fraction of sp³-hybridized carbons (Fsp3) is 0.250. The molecule has 0 spiro atoms. The van der Waals surface area contributed by atoms with Crippen molar-refractivity contribution in [1.29, 1.82) is 0 Å². The Labute approximate surface area is 174 Å². The molecule has 6 nitrogen and oxygen atoms in total. The molecule has 0 atom stereocenters. The number of ether oxygens (including phenoxy) is 1. The highest BCUT2D eigenvalue weighted by atomic mass is 16.5. The van der Waals surface area contributed by atoms with E-state index in [1.54, 1.807) is 6.20 Å². The first-order chi connectivity index (χ1) is 14.8. The molecule has 4 aromatic rings. The lowest BCUT2D eigenvalue weighted by Gasteiger charge is -2.14. The van der Waals surface area contributed by atoms with E-state index in [4.69, 9.17) is 9.15 Å². The van der Waals surface area contributed by atoms with E-state index < -0.39 is 0 Å². The number of fused-ring (bicyclic) bond motifs is 1. The van der Waals surface area contributed by atoms with Crippen LogP contribution in [0.15, 0.2) is 71.3 Å². The van der Waals surface area contributed by atoms with Crippen LogP contribution >= 0.6 is 0 Å². The first-order valence-electron chi connectivity index (χ1n) is 10.3. The Morgan fingerprint density at radius 2 is 1.83 bits per heavy atom. The molecule has 1 amide bonds. The van der Waals surface area contributed by atoms with Crippen LogP contribution in [0.5, 0.6) is 5.75 Å². The molecule has 1 fully saturated rings. The molecule has 6 heteroatoms. The van der Waals surface area contributed by atoms with Crippen molar-refractivity contribution in [2.45, 2.75) is 38.3 Å². The van der Waals surface area contributed by atoms with Crippen molar-refractivity contribution in [3.8, 4) is 5.75 Å². The lowest BCUT2D eigenvalue weighted by atomic mass is 10.1. The van der Waals surface area contributed by atoms with Crippen molar-refractivity contribution in [3.05, 3.63) is 78.2 Å². The number of anilines is 1. The zero-order valence-corrected chi connectivity index (χ0v) is 16.6. The highest BCUT2D eigenvalue weighted by molar-refractivity contribution is 6.06. The molecule has 0 unspecified atom stereocenters. The molecule has 1 saturated carbocycles. The van der Waals surface area contributed by atoms with Gasteiger partial charge >= 0.3 is 0 Å². The minimum absolute atomic E-state index is 0.242. The quantitative estimate of drug-likeness (QED) is 0.458. The number of nitrogens with one attached hydrogen (secondary N) is 1. The van der Waals surface area contributed by atoms with Crippen LogP contribution in [-0.2, 0) is 6.61 Å². The molecule has 30 heavy (non-hydrogen) atoms. The zero-order chi connectivity index (χ0) is 20.3. The Bertz CT molecular complexity index is 1160. The van der Waals surface area contributed by atoms with Gasteiger partial charge in [-0.05, 0) is 31.0 Å². The van der Waals surface area contributed by atoms with Gasteiger partial charge in [-0.2, -0.15) is 5.10 Å². The number of rotatable bonds is 6. The van der Waals surface area contributed by atoms with Crippen LogP contribution in [0.1, 0.15) is 47.8 Å². The van der Waals surface area contributed by atoms with Crippen LogP contribution in [0.3, 0.4) is 0 Å². The van der Waals surface area contributed by atoms with Gasteiger partial charge in [0.25, 0.3) is 5.91 Å². The molecule has 5 rings (SSSR count). The highest BCUT2D eigenvalue weighted by Gasteiger charge is 2.24. The third kappa shape index (κ3) is 3.56. The zero-order valence-electron chi connectivity index (χ0n) is 16.6. The molecular formula is C24H23N3O3. The van der Waals surface area contributed by atoms with E-state index in [9.17, 15) is 4.79 Å². The number of benzene rings is 2. The molecule has 0 aliphatic heterocycles. The highest BCUT2D eigenvalue weighted by Crippen LogP contribution is 2.32. The molecule has 2 aromatic heterocycles. The lowest BCUT2D eigenvalue weighted by Crippen LogP contribution is -2.18. The van der Waals surface area contributed by atoms with E-state index in [1.165, 1.54) is 12.8 Å². The molecule has 0 radical (unpaired) electrons. The van der Waals surface area contributed by atoms with E-state index in [1.807, 2.05) is 65.3 Å². The molecule has 0 bridgehead atoms. The number of amides is 1. The van der Waals surface area contributed by atoms with E-state index in [0.717, 1.165) is 29.5 Å². The predicted molar refractivity (Wildman–Crippen MR) is 115 cm³/mol. The Hall–Kier alpha value is -3.54. The van der Waals surface area contributed by atoms with Crippen LogP contribution in [-0.4, -0.2) is 15.7 Å². The lowest BCUT2D eigenvalue weighted by molar-refractivity contribution is 0.0994. The standard InChI is InChI=1S/C24H23N3O3/c28-24(26-22-14-15-25-27(22)17-8-4-5-9-17)23-20(16-29-18-10-2-1-3-11-18)19-12-6-7-13-21(19)30-23/h1-3,6-7,10-15,17H,4-5,8-9,16H2,(H,26,28). The van der Waals surface area contributed by atoms with Crippen molar-refractivity contribution in [2.75, 3.05) is 5.32 Å². The van der Waals surface area contributed by atoms with Gasteiger partial charge in [-0.3, -0.25) is 4.79 Å². The van der Waals surface area contributed by atoms with Crippen LogP contribution < -0.4 is 10.1 Å². The largest absolute Gasteiger partial charge is 0.489 e. The summed E-state index contributed by atoms with van der Waals surface area (Å²) in [6.45, 7) is 0.242. The fourth-order valence-electron chi connectivity index (χ4n) is 4.12. The van der Waals surface area contributed by atoms with Crippen molar-refractivity contribution in [1.82, 2.24) is 9.78 Å². The normalized spacial score (nSPS) is 14.3. The number of carbonyl (C=O) groups is 1. The summed E-state index contributed by atoms with van der Waals surface area (Å²) >= 11 is 0. The van der Waals surface area contributed by atoms with E-state index in [-0.39, 0.29) is 18.3 Å². The second-order valence-corrected chi connectivity index (χ2v) is 7.56. The maximum Gasteiger partial charge on any atom is 0.292 e. The van der Waals surface area contributed by atoms with Gasteiger partial charge in [-0.15, -0.1) is 0 Å². The Morgan fingerprint density at radius 3 is 2.67 bits per heavy atom. The Balaban J connectivity index is 1.43.